The third kappa shape index (κ3) is 5.66. The molecule has 0 aromatic carbocycles. The number of nitrogens with zero attached hydrogens (tertiary/aromatic N) is 6. The lowest BCUT2D eigenvalue weighted by atomic mass is 10.1. The fraction of sp³-hybridized carbons (Fsp3) is 0.625. The van der Waals surface area contributed by atoms with Gasteiger partial charge < -0.3 is 19.9 Å². The molecule has 26 heavy (non-hydrogen) atoms. The first-order chi connectivity index (χ1) is 12.3. The van der Waals surface area contributed by atoms with E-state index in [0.717, 1.165) is 56.5 Å². The molecule has 2 N–H and O–H groups in total. The Morgan fingerprint density at radius 3 is 3.08 bits per heavy atom. The second-order valence-electron chi connectivity index (χ2n) is 6.09. The predicted molar refractivity (Wildman–Crippen MR) is 110 cm³/mol. The average Bonchev–Trinajstić information content (AvgIpc) is 3.26. The first-order valence-electron chi connectivity index (χ1n) is 8.63. The molecule has 10 heteroatoms. The Hall–Kier alpha value is -1.69. The zero-order valence-corrected chi connectivity index (χ0v) is 17.6. The molecule has 1 unspecified atom stereocenters. The van der Waals surface area contributed by atoms with Gasteiger partial charge in [0.25, 0.3) is 0 Å². The maximum Gasteiger partial charge on any atom is 0.191 e. The van der Waals surface area contributed by atoms with Crippen molar-refractivity contribution < 1.29 is 4.74 Å². The van der Waals surface area contributed by atoms with Crippen molar-refractivity contribution in [3.63, 3.8) is 0 Å². The summed E-state index contributed by atoms with van der Waals surface area (Å²) in [5.74, 6) is 2.62. The van der Waals surface area contributed by atoms with Crippen LogP contribution in [0.25, 0.3) is 0 Å². The molecule has 1 atom stereocenters. The van der Waals surface area contributed by atoms with E-state index in [2.05, 4.69) is 35.3 Å². The number of nitrogens with one attached hydrogen (secondary N) is 2. The van der Waals surface area contributed by atoms with Crippen molar-refractivity contribution in [1.82, 2.24) is 34.9 Å². The lowest BCUT2D eigenvalue weighted by Crippen LogP contribution is -2.47. The van der Waals surface area contributed by atoms with Crippen molar-refractivity contribution in [2.75, 3.05) is 20.7 Å². The van der Waals surface area contributed by atoms with E-state index in [4.69, 9.17) is 4.74 Å². The highest BCUT2D eigenvalue weighted by Gasteiger charge is 2.22. The molecule has 3 heterocycles. The van der Waals surface area contributed by atoms with Crippen molar-refractivity contribution in [1.29, 1.82) is 0 Å². The van der Waals surface area contributed by atoms with E-state index in [0.29, 0.717) is 12.6 Å². The first kappa shape index (κ1) is 20.6. The minimum Gasteiger partial charge on any atom is -0.377 e. The number of aromatic nitrogens is 5. The summed E-state index contributed by atoms with van der Waals surface area (Å²) < 4.78 is 9.15. The van der Waals surface area contributed by atoms with E-state index in [1.54, 1.807) is 20.4 Å². The molecule has 0 fully saturated rings. The quantitative estimate of drug-likeness (QED) is 0.267. The fourth-order valence-electron chi connectivity index (χ4n) is 2.94. The van der Waals surface area contributed by atoms with Crippen molar-refractivity contribution in [3.05, 3.63) is 30.4 Å². The molecule has 0 saturated carbocycles. The number of ether oxygens (including phenoxy) is 1. The van der Waals surface area contributed by atoms with Gasteiger partial charge in [-0.25, -0.2) is 14.6 Å². The van der Waals surface area contributed by atoms with Gasteiger partial charge in [0.15, 0.2) is 11.8 Å². The van der Waals surface area contributed by atoms with Crippen LogP contribution in [0.2, 0.25) is 0 Å². The van der Waals surface area contributed by atoms with Crippen LogP contribution >= 0.6 is 24.0 Å². The number of hydrogen-bond acceptors (Lipinski definition) is 5. The molecule has 0 saturated heterocycles. The number of aryl methyl sites for hydroxylation is 2. The van der Waals surface area contributed by atoms with Gasteiger partial charge in [0.05, 0.1) is 12.9 Å². The fourth-order valence-corrected chi connectivity index (χ4v) is 2.94. The van der Waals surface area contributed by atoms with Gasteiger partial charge in [0, 0.05) is 52.1 Å². The molecule has 0 bridgehead atoms. The topological polar surface area (TPSA) is 94.2 Å². The molecule has 0 spiro atoms. The van der Waals surface area contributed by atoms with Crippen LogP contribution in [0.4, 0.5) is 0 Å². The number of halogens is 1. The molecular weight excluding hydrogens is 447 g/mol. The van der Waals surface area contributed by atoms with Gasteiger partial charge in [-0.3, -0.25) is 4.99 Å². The number of methoxy groups -OCH3 is 1. The highest BCUT2D eigenvalue weighted by atomic mass is 127. The molecule has 0 radical (unpaired) electrons. The van der Waals surface area contributed by atoms with E-state index < -0.39 is 0 Å². The highest BCUT2D eigenvalue weighted by Crippen LogP contribution is 2.13. The lowest BCUT2D eigenvalue weighted by Gasteiger charge is -2.25. The number of aliphatic imine (C=N–C) groups is 1. The Bertz CT molecular complexity index is 684. The molecule has 9 nitrogen and oxygen atoms in total. The normalized spacial score (nSPS) is 16.7. The Kier molecular flexibility index (Phi) is 8.29. The lowest BCUT2D eigenvalue weighted by molar-refractivity contribution is 0.177. The van der Waals surface area contributed by atoms with Crippen LogP contribution < -0.4 is 10.6 Å². The van der Waals surface area contributed by atoms with Gasteiger partial charge in [-0.05, 0) is 12.8 Å². The van der Waals surface area contributed by atoms with Crippen LogP contribution in [0.15, 0.2) is 23.7 Å². The Morgan fingerprint density at radius 2 is 2.35 bits per heavy atom. The smallest absolute Gasteiger partial charge is 0.191 e. The molecule has 0 amide bonds. The van der Waals surface area contributed by atoms with E-state index in [1.807, 2.05) is 17.2 Å². The largest absolute Gasteiger partial charge is 0.377 e. The molecule has 1 aliphatic heterocycles. The third-order valence-corrected chi connectivity index (χ3v) is 4.18. The second-order valence-corrected chi connectivity index (χ2v) is 6.09. The van der Waals surface area contributed by atoms with E-state index in [1.165, 1.54) is 0 Å². The summed E-state index contributed by atoms with van der Waals surface area (Å²) in [7, 11) is 3.46. The molecule has 0 aliphatic carbocycles. The van der Waals surface area contributed by atoms with Crippen LogP contribution in [0.5, 0.6) is 0 Å². The summed E-state index contributed by atoms with van der Waals surface area (Å²) >= 11 is 0. The maximum atomic E-state index is 5.11. The number of rotatable bonds is 7. The molecule has 3 rings (SSSR count). The zero-order chi connectivity index (χ0) is 17.5. The zero-order valence-electron chi connectivity index (χ0n) is 15.3. The van der Waals surface area contributed by atoms with Gasteiger partial charge in [0.2, 0.25) is 0 Å². The number of imidazole rings is 1. The Balaban J connectivity index is 0.00000243. The molecular formula is C16H27IN8O. The Labute approximate surface area is 170 Å². The molecule has 2 aromatic rings. The average molecular weight is 474 g/mol. The van der Waals surface area contributed by atoms with Crippen LogP contribution in [0, 0.1) is 0 Å². The van der Waals surface area contributed by atoms with E-state index in [9.17, 15) is 0 Å². The van der Waals surface area contributed by atoms with Crippen molar-refractivity contribution in [2.45, 2.75) is 45.0 Å². The van der Waals surface area contributed by atoms with Gasteiger partial charge in [-0.15, -0.1) is 24.0 Å². The number of guanidine groups is 1. The van der Waals surface area contributed by atoms with Crippen LogP contribution in [-0.4, -0.2) is 57.0 Å². The summed E-state index contributed by atoms with van der Waals surface area (Å²) in [6, 6.07) is 0.296. The predicted octanol–water partition coefficient (Wildman–Crippen LogP) is 0.809. The maximum absolute atomic E-state index is 5.11. The molecule has 1 aliphatic rings. The highest BCUT2D eigenvalue weighted by molar-refractivity contribution is 14.0. The van der Waals surface area contributed by atoms with Gasteiger partial charge in [0.1, 0.15) is 12.4 Å². The van der Waals surface area contributed by atoms with Crippen LogP contribution in [0.1, 0.15) is 24.5 Å². The number of hydrogen-bond donors (Lipinski definition) is 2. The SMILES string of the molecule is CN=C(NCCCn1ccnc1)NC1CCc2nc(COC)nn2C1.I. The monoisotopic (exact) mass is 474 g/mol. The van der Waals surface area contributed by atoms with E-state index in [-0.39, 0.29) is 24.0 Å². The van der Waals surface area contributed by atoms with Gasteiger partial charge in [-0.1, -0.05) is 0 Å². The number of fused-ring (bicyclic) bond motifs is 1. The first-order valence-corrected chi connectivity index (χ1v) is 8.63. The minimum absolute atomic E-state index is 0. The minimum atomic E-state index is 0. The molecule has 2 aromatic heterocycles. The summed E-state index contributed by atoms with van der Waals surface area (Å²) in [5, 5.41) is 11.3. The summed E-state index contributed by atoms with van der Waals surface area (Å²) in [6.45, 7) is 3.05. The second kappa shape index (κ2) is 10.5. The summed E-state index contributed by atoms with van der Waals surface area (Å²) in [5.41, 5.74) is 0. The Morgan fingerprint density at radius 1 is 1.46 bits per heavy atom. The van der Waals surface area contributed by atoms with Gasteiger partial charge in [-0.2, -0.15) is 5.10 Å². The van der Waals surface area contributed by atoms with Crippen LogP contribution in [0.3, 0.4) is 0 Å². The summed E-state index contributed by atoms with van der Waals surface area (Å²) in [4.78, 5) is 12.9. The standard InChI is InChI=1S/C16H26N8O.HI/c1-17-16(19-6-3-8-23-9-7-18-12-23)20-13-4-5-15-21-14(11-25-2)22-24(15)10-13;/h7,9,12-13H,3-6,8,10-11H2,1-2H3,(H2,17,19,20);1H. The molecule has 144 valence electrons. The van der Waals surface area contributed by atoms with Crippen molar-refractivity contribution >= 4 is 29.9 Å². The van der Waals surface area contributed by atoms with Crippen molar-refractivity contribution in [3.8, 4) is 0 Å². The summed E-state index contributed by atoms with van der Waals surface area (Å²) in [6.07, 6.45) is 8.54. The van der Waals surface area contributed by atoms with Crippen LogP contribution in [-0.2, 0) is 30.9 Å². The van der Waals surface area contributed by atoms with Gasteiger partial charge >= 0.3 is 0 Å². The third-order valence-electron chi connectivity index (χ3n) is 4.18. The van der Waals surface area contributed by atoms with E-state index >= 15 is 0 Å². The van der Waals surface area contributed by atoms with Crippen molar-refractivity contribution in [2.24, 2.45) is 4.99 Å².